The molecule has 5 rings (SSSR count). The Bertz CT molecular complexity index is 1340. The Hall–Kier alpha value is -3.36. The fraction of sp³-hybridized carbons (Fsp3) is 0.185. The van der Waals surface area contributed by atoms with E-state index in [0.29, 0.717) is 23.1 Å². The van der Waals surface area contributed by atoms with Crippen LogP contribution < -0.4 is 19.6 Å². The lowest BCUT2D eigenvalue weighted by molar-refractivity contribution is 0.206. The van der Waals surface area contributed by atoms with Crippen LogP contribution in [0.25, 0.3) is 11.3 Å². The van der Waals surface area contributed by atoms with Crippen molar-refractivity contribution in [3.8, 4) is 28.5 Å². The van der Waals surface area contributed by atoms with Crippen LogP contribution in [0, 0.1) is 6.92 Å². The number of anilines is 1. The lowest BCUT2D eigenvalue weighted by atomic mass is 9.94. The minimum Gasteiger partial charge on any atom is -0.493 e. The summed E-state index contributed by atoms with van der Waals surface area (Å²) in [5.74, 6) is 2.20. The molecule has 1 aliphatic heterocycles. The van der Waals surface area contributed by atoms with Crippen molar-refractivity contribution in [1.29, 1.82) is 0 Å². The largest absolute Gasteiger partial charge is 0.493 e. The third kappa shape index (κ3) is 5.33. The molecular formula is C27H26BrN3O3S. The van der Waals surface area contributed by atoms with E-state index in [2.05, 4.69) is 36.6 Å². The molecule has 1 aromatic heterocycles. The number of ether oxygens (including phenoxy) is 3. The number of fused-ring (bicyclic) bond motifs is 1. The highest BCUT2D eigenvalue weighted by Crippen LogP contribution is 2.36. The number of aryl methyl sites for hydroxylation is 1. The molecule has 0 radical (unpaired) electrons. The number of methoxy groups -OCH3 is 2. The highest BCUT2D eigenvalue weighted by Gasteiger charge is 2.26. The van der Waals surface area contributed by atoms with E-state index < -0.39 is 0 Å². The molecule has 8 heteroatoms. The monoisotopic (exact) mass is 551 g/mol. The molecule has 1 unspecified atom stereocenters. The number of hydrazone groups is 1. The summed E-state index contributed by atoms with van der Waals surface area (Å²) in [4.78, 5) is 4.72. The zero-order chi connectivity index (χ0) is 23.5. The third-order valence-electron chi connectivity index (χ3n) is 5.74. The van der Waals surface area contributed by atoms with Crippen LogP contribution in [0.3, 0.4) is 0 Å². The average molecular weight is 552 g/mol. The predicted molar refractivity (Wildman–Crippen MR) is 147 cm³/mol. The molecule has 180 valence electrons. The zero-order valence-corrected chi connectivity index (χ0v) is 22.2. The number of nitrogens with zero attached hydrogens (tertiary/aromatic N) is 2. The van der Waals surface area contributed by atoms with Gasteiger partial charge in [-0.2, -0.15) is 5.10 Å². The Kier molecular flexibility index (Phi) is 7.73. The quantitative estimate of drug-likeness (QED) is 0.260. The topological polar surface area (TPSA) is 65.0 Å². The number of hydrogen-bond donors (Lipinski definition) is 1. The van der Waals surface area contributed by atoms with Crippen molar-refractivity contribution in [3.63, 3.8) is 0 Å². The van der Waals surface area contributed by atoms with Gasteiger partial charge in [-0.25, -0.2) is 4.98 Å². The number of aromatic nitrogens is 1. The van der Waals surface area contributed by atoms with Gasteiger partial charge in [-0.1, -0.05) is 42.0 Å². The minimum absolute atomic E-state index is 0. The molecule has 4 aromatic rings. The Balaban J connectivity index is 0.00000289. The van der Waals surface area contributed by atoms with Crippen LogP contribution in [-0.4, -0.2) is 24.9 Å². The van der Waals surface area contributed by atoms with E-state index in [1.165, 1.54) is 11.3 Å². The van der Waals surface area contributed by atoms with Crippen molar-refractivity contribution < 1.29 is 14.2 Å². The van der Waals surface area contributed by atoms with Crippen molar-refractivity contribution in [2.75, 3.05) is 19.6 Å². The van der Waals surface area contributed by atoms with Crippen LogP contribution in [0.5, 0.6) is 17.2 Å². The number of hydrogen-bond acceptors (Lipinski definition) is 7. The SMILES string of the molecule is Br.COc1ccc(-c2csc(N/N=C3/CC(c4ccccc4)Oc4ccc(C)cc43)n2)cc1OC. The van der Waals surface area contributed by atoms with Crippen molar-refractivity contribution in [2.24, 2.45) is 5.10 Å². The van der Waals surface area contributed by atoms with Crippen LogP contribution in [0.2, 0.25) is 0 Å². The van der Waals surface area contributed by atoms with Crippen molar-refractivity contribution in [2.45, 2.75) is 19.4 Å². The van der Waals surface area contributed by atoms with E-state index in [4.69, 9.17) is 24.3 Å². The molecule has 0 saturated carbocycles. The van der Waals surface area contributed by atoms with Crippen LogP contribution in [0.4, 0.5) is 5.13 Å². The summed E-state index contributed by atoms with van der Waals surface area (Å²) in [5.41, 5.74) is 9.22. The molecule has 0 aliphatic carbocycles. The first-order valence-electron chi connectivity index (χ1n) is 11.0. The number of nitrogens with one attached hydrogen (secondary N) is 1. The van der Waals surface area contributed by atoms with E-state index in [-0.39, 0.29) is 23.1 Å². The molecule has 6 nitrogen and oxygen atoms in total. The fourth-order valence-corrected chi connectivity index (χ4v) is 4.64. The summed E-state index contributed by atoms with van der Waals surface area (Å²) in [5, 5.41) is 7.49. The molecule has 0 fully saturated rings. The summed E-state index contributed by atoms with van der Waals surface area (Å²) in [7, 11) is 3.25. The second kappa shape index (κ2) is 10.9. The predicted octanol–water partition coefficient (Wildman–Crippen LogP) is 7.05. The van der Waals surface area contributed by atoms with Gasteiger partial charge in [0, 0.05) is 22.9 Å². The summed E-state index contributed by atoms with van der Waals surface area (Å²) >= 11 is 1.51. The highest BCUT2D eigenvalue weighted by atomic mass is 79.9. The molecule has 1 N–H and O–H groups in total. The molecule has 3 aromatic carbocycles. The lowest BCUT2D eigenvalue weighted by Crippen LogP contribution is -2.22. The number of halogens is 1. The minimum atomic E-state index is -0.0874. The Morgan fingerprint density at radius 2 is 1.80 bits per heavy atom. The van der Waals surface area contributed by atoms with E-state index in [9.17, 15) is 0 Å². The zero-order valence-electron chi connectivity index (χ0n) is 19.6. The maximum absolute atomic E-state index is 6.31. The second-order valence-electron chi connectivity index (χ2n) is 8.00. The van der Waals surface area contributed by atoms with Crippen LogP contribution in [-0.2, 0) is 0 Å². The summed E-state index contributed by atoms with van der Waals surface area (Å²) in [6, 6.07) is 22.2. The van der Waals surface area contributed by atoms with E-state index in [1.54, 1.807) is 14.2 Å². The Morgan fingerprint density at radius 3 is 2.57 bits per heavy atom. The highest BCUT2D eigenvalue weighted by molar-refractivity contribution is 8.93. The molecular weight excluding hydrogens is 526 g/mol. The van der Waals surface area contributed by atoms with Crippen LogP contribution in [0.1, 0.15) is 29.2 Å². The fourth-order valence-electron chi connectivity index (χ4n) is 3.98. The smallest absolute Gasteiger partial charge is 0.203 e. The van der Waals surface area contributed by atoms with Gasteiger partial charge in [0.25, 0.3) is 0 Å². The van der Waals surface area contributed by atoms with Gasteiger partial charge in [-0.05, 0) is 42.8 Å². The first-order valence-corrected chi connectivity index (χ1v) is 11.9. The molecule has 35 heavy (non-hydrogen) atoms. The first-order chi connectivity index (χ1) is 16.6. The van der Waals surface area contributed by atoms with Crippen LogP contribution in [0.15, 0.2) is 77.2 Å². The molecule has 1 atom stereocenters. The van der Waals surface area contributed by atoms with Crippen molar-refractivity contribution in [3.05, 3.63) is 88.8 Å². The van der Waals surface area contributed by atoms with E-state index >= 15 is 0 Å². The van der Waals surface area contributed by atoms with Gasteiger partial charge in [0.2, 0.25) is 5.13 Å². The van der Waals surface area contributed by atoms with Gasteiger partial charge < -0.3 is 14.2 Å². The van der Waals surface area contributed by atoms with E-state index in [1.807, 2.05) is 47.8 Å². The maximum atomic E-state index is 6.31. The third-order valence-corrected chi connectivity index (χ3v) is 6.48. The van der Waals surface area contributed by atoms with Crippen molar-refractivity contribution in [1.82, 2.24) is 4.98 Å². The summed E-state index contributed by atoms with van der Waals surface area (Å²) in [6.45, 7) is 2.07. The van der Waals surface area contributed by atoms with Crippen molar-refractivity contribution >= 4 is 39.2 Å². The van der Waals surface area contributed by atoms with Gasteiger partial charge in [0.1, 0.15) is 11.9 Å². The van der Waals surface area contributed by atoms with Gasteiger partial charge in [0.15, 0.2) is 11.5 Å². The van der Waals surface area contributed by atoms with Gasteiger partial charge >= 0.3 is 0 Å². The molecule has 0 amide bonds. The first kappa shape index (κ1) is 24.8. The molecule has 0 spiro atoms. The van der Waals surface area contributed by atoms with Gasteiger partial charge in [-0.3, -0.25) is 5.43 Å². The van der Waals surface area contributed by atoms with Gasteiger partial charge in [0.05, 0.1) is 25.6 Å². The number of benzene rings is 3. The van der Waals surface area contributed by atoms with Crippen LogP contribution >= 0.6 is 28.3 Å². The molecule has 0 bridgehead atoms. The molecule has 1 aliphatic rings. The molecule has 0 saturated heterocycles. The Morgan fingerprint density at radius 1 is 1.00 bits per heavy atom. The summed E-state index contributed by atoms with van der Waals surface area (Å²) < 4.78 is 17.1. The summed E-state index contributed by atoms with van der Waals surface area (Å²) in [6.07, 6.45) is 0.581. The lowest BCUT2D eigenvalue weighted by Gasteiger charge is -2.27. The van der Waals surface area contributed by atoms with Gasteiger partial charge in [-0.15, -0.1) is 28.3 Å². The normalized spacial score (nSPS) is 15.5. The maximum Gasteiger partial charge on any atom is 0.203 e. The number of thiazole rings is 1. The Labute approximate surface area is 219 Å². The van der Waals surface area contributed by atoms with E-state index in [0.717, 1.165) is 39.4 Å². The number of rotatable bonds is 6. The standard InChI is InChI=1S/C27H25N3O3S.BrH/c1-17-9-11-23-20(13-17)21(15-25(33-23)18-7-5-4-6-8-18)29-30-27-28-22(16-34-27)19-10-12-24(31-2)26(14-19)32-3;/h4-14,16,25H,15H2,1-3H3,(H,28,30);1H/b29-21-;. The molecule has 2 heterocycles. The average Bonchev–Trinajstić information content (AvgIpc) is 3.36. The second-order valence-corrected chi connectivity index (χ2v) is 8.86.